The number of hydrogen-bond acceptors (Lipinski definition) is 5. The van der Waals surface area contributed by atoms with Crippen LogP contribution >= 0.6 is 0 Å². The van der Waals surface area contributed by atoms with Gasteiger partial charge in [0.1, 0.15) is 29.6 Å². The second kappa shape index (κ2) is 5.97. The minimum Gasteiger partial charge on any atom is -0.545 e. The third-order valence-electron chi connectivity index (χ3n) is 5.84. The van der Waals surface area contributed by atoms with Crippen LogP contribution in [0.1, 0.15) is 55.4 Å². The smallest absolute Gasteiger partial charge is 0.411 e. The van der Waals surface area contributed by atoms with Gasteiger partial charge >= 0.3 is 6.09 Å². The van der Waals surface area contributed by atoms with E-state index in [1.54, 1.807) is 4.90 Å². The molecule has 3 aliphatic heterocycles. The highest BCUT2D eigenvalue weighted by atomic mass is 28.4. The van der Waals surface area contributed by atoms with Gasteiger partial charge in [0.05, 0.1) is 6.04 Å². The molecule has 154 valence electrons. The molecule has 7 heteroatoms. The van der Waals surface area contributed by atoms with Crippen LogP contribution in [0.3, 0.4) is 0 Å². The number of carbonyl (C=O) groups excluding carboxylic acids is 1. The van der Waals surface area contributed by atoms with Crippen molar-refractivity contribution in [3.63, 3.8) is 0 Å². The molecule has 0 aliphatic carbocycles. The molecule has 3 aliphatic rings. The van der Waals surface area contributed by atoms with E-state index in [9.17, 15) is 4.79 Å². The molecule has 2 fully saturated rings. The van der Waals surface area contributed by atoms with Crippen LogP contribution in [0, 0.1) is 0 Å². The molecular formula is C20H35NO5Si. The molecule has 0 N–H and O–H groups in total. The van der Waals surface area contributed by atoms with E-state index in [1.807, 2.05) is 40.7 Å². The molecule has 0 aromatic carbocycles. The van der Waals surface area contributed by atoms with Crippen LogP contribution in [0.5, 0.6) is 0 Å². The summed E-state index contributed by atoms with van der Waals surface area (Å²) in [6, 6.07) is -0.526. The van der Waals surface area contributed by atoms with E-state index in [-0.39, 0.29) is 35.4 Å². The summed E-state index contributed by atoms with van der Waals surface area (Å²) in [6.45, 7) is 20.5. The Labute approximate surface area is 164 Å². The third-order valence-corrected chi connectivity index (χ3v) is 10.2. The monoisotopic (exact) mass is 397 g/mol. The molecule has 0 aromatic rings. The van der Waals surface area contributed by atoms with E-state index in [4.69, 9.17) is 18.6 Å². The number of fused-ring (bicyclic) bond motifs is 5. The maximum Gasteiger partial charge on any atom is 0.411 e. The predicted molar refractivity (Wildman–Crippen MR) is 106 cm³/mol. The van der Waals surface area contributed by atoms with Gasteiger partial charge in [-0.15, -0.1) is 0 Å². The summed E-state index contributed by atoms with van der Waals surface area (Å²) < 4.78 is 24.5. The molecule has 0 spiro atoms. The highest BCUT2D eigenvalue weighted by molar-refractivity contribution is 6.74. The second-order valence-corrected chi connectivity index (χ2v) is 15.5. The molecule has 0 saturated carbocycles. The molecule has 0 radical (unpaired) electrons. The SMILES string of the molecule is CC(C)(C)OC(=O)N1[C@@H]2C=C(O[Si](C)(C)C(C)(C)C)[C@H]1[C@@H]1OC(C)(C)O[C@@H]12. The van der Waals surface area contributed by atoms with Crippen molar-refractivity contribution >= 4 is 14.4 Å². The van der Waals surface area contributed by atoms with E-state index in [2.05, 4.69) is 33.9 Å². The lowest BCUT2D eigenvalue weighted by Gasteiger charge is -2.39. The number of hydrogen-bond donors (Lipinski definition) is 0. The quantitative estimate of drug-likeness (QED) is 0.646. The fourth-order valence-corrected chi connectivity index (χ4v) is 4.74. The van der Waals surface area contributed by atoms with Crippen LogP contribution < -0.4 is 0 Å². The second-order valence-electron chi connectivity index (χ2n) is 10.8. The summed E-state index contributed by atoms with van der Waals surface area (Å²) in [7, 11) is -2.04. The minimum atomic E-state index is -2.04. The van der Waals surface area contributed by atoms with Crippen molar-refractivity contribution in [2.45, 2.75) is 109 Å². The Morgan fingerprint density at radius 3 is 2.19 bits per heavy atom. The van der Waals surface area contributed by atoms with Crippen molar-refractivity contribution in [3.8, 4) is 0 Å². The first-order valence-corrected chi connectivity index (χ1v) is 12.7. The fraction of sp³-hybridized carbons (Fsp3) is 0.850. The zero-order chi connectivity index (χ0) is 20.6. The summed E-state index contributed by atoms with van der Waals surface area (Å²) >= 11 is 0. The van der Waals surface area contributed by atoms with Crippen molar-refractivity contribution in [1.29, 1.82) is 0 Å². The maximum atomic E-state index is 12.9. The van der Waals surface area contributed by atoms with Gasteiger partial charge < -0.3 is 18.6 Å². The van der Waals surface area contributed by atoms with E-state index in [1.165, 1.54) is 0 Å². The summed E-state index contributed by atoms with van der Waals surface area (Å²) in [6.07, 6.45) is 1.27. The third kappa shape index (κ3) is 3.66. The zero-order valence-electron chi connectivity index (χ0n) is 18.4. The Bertz CT molecular complexity index is 658. The Morgan fingerprint density at radius 2 is 1.67 bits per heavy atom. The molecule has 3 heterocycles. The first-order chi connectivity index (χ1) is 12.0. The lowest BCUT2D eigenvalue weighted by Crippen LogP contribution is -2.47. The normalized spacial score (nSPS) is 32.4. The standard InChI is InChI=1S/C20H35NO5Si/c1-18(2,3)25-17(22)21-12-11-13(26-27(9,10)19(4,5)6)14(21)16-15(12)23-20(7,8)24-16/h11-12,14-16H,1-10H3/t12-,14+,15-,16+/m1/s1. The highest BCUT2D eigenvalue weighted by Crippen LogP contribution is 2.50. The van der Waals surface area contributed by atoms with Gasteiger partial charge in [0.15, 0.2) is 5.79 Å². The van der Waals surface area contributed by atoms with Crippen molar-refractivity contribution in [2.24, 2.45) is 0 Å². The van der Waals surface area contributed by atoms with Gasteiger partial charge in [0.25, 0.3) is 0 Å². The van der Waals surface area contributed by atoms with Crippen molar-refractivity contribution in [2.75, 3.05) is 0 Å². The molecule has 27 heavy (non-hydrogen) atoms. The van der Waals surface area contributed by atoms with Gasteiger partial charge in [-0.2, -0.15) is 0 Å². The number of ether oxygens (including phenoxy) is 3. The predicted octanol–water partition coefficient (Wildman–Crippen LogP) is 4.41. The first-order valence-electron chi connectivity index (χ1n) is 9.80. The van der Waals surface area contributed by atoms with Crippen LogP contribution in [0.25, 0.3) is 0 Å². The lowest BCUT2D eigenvalue weighted by molar-refractivity contribution is -0.161. The van der Waals surface area contributed by atoms with Crippen molar-refractivity contribution < 1.29 is 23.4 Å². The Morgan fingerprint density at radius 1 is 1.11 bits per heavy atom. The van der Waals surface area contributed by atoms with E-state index in [0.717, 1.165) is 5.76 Å². The number of amides is 1. The number of carbonyl (C=O) groups is 1. The lowest BCUT2D eigenvalue weighted by atomic mass is 10.0. The molecule has 2 bridgehead atoms. The Balaban J connectivity index is 1.89. The van der Waals surface area contributed by atoms with Crippen LogP contribution in [-0.4, -0.2) is 55.0 Å². The average Bonchev–Trinajstić information content (AvgIpc) is 2.99. The van der Waals surface area contributed by atoms with Crippen LogP contribution in [0.15, 0.2) is 11.8 Å². The van der Waals surface area contributed by atoms with Crippen LogP contribution in [-0.2, 0) is 18.6 Å². The van der Waals surface area contributed by atoms with Crippen LogP contribution in [0.4, 0.5) is 4.79 Å². The van der Waals surface area contributed by atoms with Gasteiger partial charge in [-0.3, -0.25) is 4.90 Å². The Hall–Kier alpha value is -1.05. The van der Waals surface area contributed by atoms with Gasteiger partial charge in [-0.05, 0) is 58.8 Å². The molecule has 6 nitrogen and oxygen atoms in total. The minimum absolute atomic E-state index is 0.0676. The van der Waals surface area contributed by atoms with Gasteiger partial charge in [-0.25, -0.2) is 4.79 Å². The summed E-state index contributed by atoms with van der Waals surface area (Å²) in [5.74, 6) is 0.173. The summed E-state index contributed by atoms with van der Waals surface area (Å²) in [5.41, 5.74) is -0.560. The van der Waals surface area contributed by atoms with E-state index in [0.29, 0.717) is 0 Å². The largest absolute Gasteiger partial charge is 0.545 e. The summed E-state index contributed by atoms with van der Waals surface area (Å²) in [4.78, 5) is 14.7. The molecule has 1 amide bonds. The molecule has 0 aromatic heterocycles. The molecule has 2 saturated heterocycles. The van der Waals surface area contributed by atoms with Crippen molar-refractivity contribution in [3.05, 3.63) is 11.8 Å². The zero-order valence-corrected chi connectivity index (χ0v) is 19.4. The van der Waals surface area contributed by atoms with Gasteiger partial charge in [0.2, 0.25) is 8.32 Å². The molecule has 0 unspecified atom stereocenters. The fourth-order valence-electron chi connectivity index (χ4n) is 3.66. The molecular weight excluding hydrogens is 362 g/mol. The van der Waals surface area contributed by atoms with Gasteiger partial charge in [0, 0.05) is 0 Å². The average molecular weight is 398 g/mol. The first kappa shape index (κ1) is 20.7. The number of rotatable bonds is 2. The van der Waals surface area contributed by atoms with E-state index < -0.39 is 19.7 Å². The van der Waals surface area contributed by atoms with Crippen LogP contribution in [0.2, 0.25) is 18.1 Å². The van der Waals surface area contributed by atoms with E-state index >= 15 is 0 Å². The maximum absolute atomic E-state index is 12.9. The Kier molecular flexibility index (Phi) is 4.57. The highest BCUT2D eigenvalue weighted by Gasteiger charge is 2.64. The molecule has 4 atom stereocenters. The van der Waals surface area contributed by atoms with Crippen molar-refractivity contribution in [1.82, 2.24) is 4.90 Å². The summed E-state index contributed by atoms with van der Waals surface area (Å²) in [5, 5.41) is 0.0676. The molecule has 3 rings (SSSR count). The number of nitrogens with zero attached hydrogens (tertiary/aromatic N) is 1. The topological polar surface area (TPSA) is 57.2 Å². The van der Waals surface area contributed by atoms with Gasteiger partial charge in [-0.1, -0.05) is 20.8 Å².